The molecule has 3 aromatic rings. The Morgan fingerprint density at radius 1 is 1.12 bits per heavy atom. The van der Waals surface area contributed by atoms with E-state index in [2.05, 4.69) is 10.0 Å². The Labute approximate surface area is 149 Å². The molecule has 0 spiro atoms. The van der Waals surface area contributed by atoms with Crippen molar-refractivity contribution in [1.82, 2.24) is 10.0 Å². The normalized spacial score (nSPS) is 11.4. The number of hydrogen-bond acceptors (Lipinski definition) is 5. The van der Waals surface area contributed by atoms with Gasteiger partial charge in [0.15, 0.2) is 0 Å². The lowest BCUT2D eigenvalue weighted by atomic mass is 10.2. The molecule has 0 atom stereocenters. The smallest absolute Gasteiger partial charge is 0.251 e. The first-order valence-corrected chi connectivity index (χ1v) is 9.82. The van der Waals surface area contributed by atoms with Gasteiger partial charge in [-0.05, 0) is 35.7 Å². The number of thiophene rings is 1. The third kappa shape index (κ3) is 4.56. The zero-order valence-electron chi connectivity index (χ0n) is 13.1. The predicted molar refractivity (Wildman–Crippen MR) is 94.7 cm³/mol. The first-order chi connectivity index (χ1) is 12.0. The predicted octanol–water partition coefficient (Wildman–Crippen LogP) is 2.75. The van der Waals surface area contributed by atoms with Crippen molar-refractivity contribution in [1.29, 1.82) is 0 Å². The highest BCUT2D eigenvalue weighted by molar-refractivity contribution is 7.89. The maximum atomic E-state index is 12.4. The van der Waals surface area contributed by atoms with E-state index in [0.29, 0.717) is 6.54 Å². The average molecular weight is 376 g/mol. The van der Waals surface area contributed by atoms with Crippen LogP contribution in [0, 0.1) is 0 Å². The number of carbonyl (C=O) groups is 1. The average Bonchev–Trinajstić information content (AvgIpc) is 3.31. The quantitative estimate of drug-likeness (QED) is 0.664. The van der Waals surface area contributed by atoms with E-state index in [1.165, 1.54) is 36.0 Å². The standard InChI is InChI=1S/C17H16N2O4S2/c20-17(18-10-13-6-7-23-12-13)14-3-1-5-16(9-14)25(21,22)19-11-15-4-2-8-24-15/h1-9,12,19H,10-11H2,(H,18,20). The SMILES string of the molecule is O=C(NCc1ccoc1)c1cccc(S(=O)(=O)NCc2cccs2)c1. The van der Waals surface area contributed by atoms with E-state index in [1.807, 2.05) is 17.5 Å². The van der Waals surface area contributed by atoms with Gasteiger partial charge in [-0.1, -0.05) is 12.1 Å². The molecular formula is C17H16N2O4S2. The minimum atomic E-state index is -3.69. The monoisotopic (exact) mass is 376 g/mol. The molecule has 0 aliphatic carbocycles. The number of furan rings is 1. The van der Waals surface area contributed by atoms with Gasteiger partial charge in [-0.3, -0.25) is 4.79 Å². The van der Waals surface area contributed by atoms with Crippen molar-refractivity contribution in [2.75, 3.05) is 0 Å². The molecule has 0 unspecified atom stereocenters. The first-order valence-electron chi connectivity index (χ1n) is 7.46. The van der Waals surface area contributed by atoms with Crippen LogP contribution in [-0.2, 0) is 23.1 Å². The van der Waals surface area contributed by atoms with Gasteiger partial charge in [0.05, 0.1) is 17.4 Å². The lowest BCUT2D eigenvalue weighted by Gasteiger charge is -2.08. The van der Waals surface area contributed by atoms with Crippen LogP contribution in [-0.4, -0.2) is 14.3 Å². The highest BCUT2D eigenvalue weighted by atomic mass is 32.2. The van der Waals surface area contributed by atoms with Crippen LogP contribution in [0.2, 0.25) is 0 Å². The summed E-state index contributed by atoms with van der Waals surface area (Å²) < 4.78 is 32.3. The molecule has 0 bridgehead atoms. The van der Waals surface area contributed by atoms with Gasteiger partial charge < -0.3 is 9.73 Å². The fraction of sp³-hybridized carbons (Fsp3) is 0.118. The van der Waals surface area contributed by atoms with Gasteiger partial charge in [0.25, 0.3) is 5.91 Å². The molecule has 2 heterocycles. The van der Waals surface area contributed by atoms with Gasteiger partial charge in [0, 0.05) is 29.1 Å². The minimum Gasteiger partial charge on any atom is -0.472 e. The molecule has 0 saturated carbocycles. The van der Waals surface area contributed by atoms with Gasteiger partial charge in [-0.2, -0.15) is 0 Å². The molecule has 130 valence electrons. The fourth-order valence-corrected chi connectivity index (χ4v) is 3.93. The summed E-state index contributed by atoms with van der Waals surface area (Å²) in [6.07, 6.45) is 3.06. The fourth-order valence-electron chi connectivity index (χ4n) is 2.14. The van der Waals surface area contributed by atoms with Crippen LogP contribution in [0.25, 0.3) is 0 Å². The number of hydrogen-bond donors (Lipinski definition) is 2. The molecule has 25 heavy (non-hydrogen) atoms. The van der Waals surface area contributed by atoms with Gasteiger partial charge >= 0.3 is 0 Å². The third-order valence-corrected chi connectivity index (χ3v) is 5.73. The Morgan fingerprint density at radius 2 is 2.00 bits per heavy atom. The largest absolute Gasteiger partial charge is 0.472 e. The van der Waals surface area contributed by atoms with E-state index in [-0.39, 0.29) is 22.9 Å². The van der Waals surface area contributed by atoms with Crippen LogP contribution >= 0.6 is 11.3 Å². The van der Waals surface area contributed by atoms with E-state index in [9.17, 15) is 13.2 Å². The summed E-state index contributed by atoms with van der Waals surface area (Å²) in [5.41, 5.74) is 1.11. The molecular weight excluding hydrogens is 360 g/mol. The number of sulfonamides is 1. The summed E-state index contributed by atoms with van der Waals surface area (Å²) in [4.78, 5) is 13.2. The summed E-state index contributed by atoms with van der Waals surface area (Å²) in [5, 5.41) is 4.61. The van der Waals surface area contributed by atoms with Crippen molar-refractivity contribution in [3.05, 3.63) is 76.4 Å². The van der Waals surface area contributed by atoms with Crippen LogP contribution in [0.1, 0.15) is 20.8 Å². The van der Waals surface area contributed by atoms with Crippen LogP contribution in [0.15, 0.2) is 69.7 Å². The van der Waals surface area contributed by atoms with E-state index >= 15 is 0 Å². The second-order valence-electron chi connectivity index (χ2n) is 5.25. The molecule has 0 radical (unpaired) electrons. The van der Waals surface area contributed by atoms with Gasteiger partial charge in [0.2, 0.25) is 10.0 Å². The van der Waals surface area contributed by atoms with Gasteiger partial charge in [-0.15, -0.1) is 11.3 Å². The number of carbonyl (C=O) groups excluding carboxylic acids is 1. The summed E-state index contributed by atoms with van der Waals surface area (Å²) in [5.74, 6) is -0.350. The molecule has 1 aromatic carbocycles. The van der Waals surface area contributed by atoms with Crippen molar-refractivity contribution in [3.8, 4) is 0 Å². The molecule has 2 aromatic heterocycles. The zero-order chi connectivity index (χ0) is 17.7. The van der Waals surface area contributed by atoms with Gasteiger partial charge in [-0.25, -0.2) is 13.1 Å². The molecule has 0 aliphatic heterocycles. The summed E-state index contributed by atoms with van der Waals surface area (Å²) in [6, 6.07) is 11.4. The van der Waals surface area contributed by atoms with E-state index in [4.69, 9.17) is 4.42 Å². The Hall–Kier alpha value is -2.42. The second kappa shape index (κ2) is 7.64. The highest BCUT2D eigenvalue weighted by Crippen LogP contribution is 2.14. The molecule has 0 saturated heterocycles. The summed E-state index contributed by atoms with van der Waals surface area (Å²) in [7, 11) is -3.69. The molecule has 6 nitrogen and oxygen atoms in total. The Bertz CT molecular complexity index is 933. The molecule has 1 amide bonds. The third-order valence-electron chi connectivity index (χ3n) is 3.46. The minimum absolute atomic E-state index is 0.0556. The Kier molecular flexibility index (Phi) is 5.32. The van der Waals surface area contributed by atoms with E-state index in [1.54, 1.807) is 18.2 Å². The van der Waals surface area contributed by atoms with Crippen LogP contribution in [0.4, 0.5) is 0 Å². The van der Waals surface area contributed by atoms with E-state index < -0.39 is 10.0 Å². The summed E-state index contributed by atoms with van der Waals surface area (Å²) in [6.45, 7) is 0.528. The second-order valence-corrected chi connectivity index (χ2v) is 8.05. The van der Waals surface area contributed by atoms with Crippen molar-refractivity contribution in [2.24, 2.45) is 0 Å². The van der Waals surface area contributed by atoms with Crippen LogP contribution in [0.3, 0.4) is 0 Å². The molecule has 3 rings (SSSR count). The maximum Gasteiger partial charge on any atom is 0.251 e. The Morgan fingerprint density at radius 3 is 2.72 bits per heavy atom. The number of rotatable bonds is 7. The van der Waals surface area contributed by atoms with Gasteiger partial charge in [0.1, 0.15) is 0 Å². The van der Waals surface area contributed by atoms with Crippen molar-refractivity contribution in [2.45, 2.75) is 18.0 Å². The number of nitrogens with one attached hydrogen (secondary N) is 2. The lowest BCUT2D eigenvalue weighted by Crippen LogP contribution is -2.25. The molecule has 0 aliphatic rings. The Balaban J connectivity index is 1.68. The van der Waals surface area contributed by atoms with Crippen LogP contribution in [0.5, 0.6) is 0 Å². The van der Waals surface area contributed by atoms with Crippen molar-refractivity contribution >= 4 is 27.3 Å². The maximum absolute atomic E-state index is 12.4. The zero-order valence-corrected chi connectivity index (χ0v) is 14.8. The van der Waals surface area contributed by atoms with Crippen LogP contribution < -0.4 is 10.0 Å². The molecule has 2 N–H and O–H groups in total. The lowest BCUT2D eigenvalue weighted by molar-refractivity contribution is 0.0950. The van der Waals surface area contributed by atoms with E-state index in [0.717, 1.165) is 10.4 Å². The first kappa shape index (κ1) is 17.4. The number of amides is 1. The van der Waals surface area contributed by atoms with Crippen molar-refractivity contribution < 1.29 is 17.6 Å². The highest BCUT2D eigenvalue weighted by Gasteiger charge is 2.16. The topological polar surface area (TPSA) is 88.4 Å². The summed E-state index contributed by atoms with van der Waals surface area (Å²) >= 11 is 1.47. The molecule has 0 fully saturated rings. The van der Waals surface area contributed by atoms with Crippen molar-refractivity contribution in [3.63, 3.8) is 0 Å². The number of benzene rings is 1. The molecule has 8 heteroatoms.